The molecule has 47 heavy (non-hydrogen) atoms. The molecular formula is C35H64FN5O4Si2. The van der Waals surface area contributed by atoms with E-state index in [2.05, 4.69) is 102 Å². The van der Waals surface area contributed by atoms with E-state index in [0.717, 1.165) is 19.3 Å². The van der Waals surface area contributed by atoms with Crippen LogP contribution in [-0.2, 0) is 18.4 Å². The van der Waals surface area contributed by atoms with E-state index in [1.165, 1.54) is 38.5 Å². The minimum Gasteiger partial charge on any atom is -0.414 e. The van der Waals surface area contributed by atoms with Crippen LogP contribution >= 0.6 is 0 Å². The molecule has 1 aliphatic rings. The van der Waals surface area contributed by atoms with Gasteiger partial charge in [-0.3, -0.25) is 9.36 Å². The number of carbonyl (C=O) groups is 1. The summed E-state index contributed by atoms with van der Waals surface area (Å²) in [7, 11) is -4.27. The lowest BCUT2D eigenvalue weighted by Crippen LogP contribution is -2.53. The van der Waals surface area contributed by atoms with Gasteiger partial charge in [-0.05, 0) is 49.6 Å². The van der Waals surface area contributed by atoms with Crippen molar-refractivity contribution >= 4 is 39.5 Å². The third kappa shape index (κ3) is 10.4. The summed E-state index contributed by atoms with van der Waals surface area (Å²) in [5.74, 6) is -0.111. The molecule has 1 amide bonds. The second kappa shape index (κ2) is 15.9. The van der Waals surface area contributed by atoms with Crippen molar-refractivity contribution in [2.24, 2.45) is 0 Å². The second-order valence-corrected chi connectivity index (χ2v) is 26.4. The van der Waals surface area contributed by atoms with Crippen LogP contribution < -0.4 is 5.32 Å². The van der Waals surface area contributed by atoms with Gasteiger partial charge in [0.2, 0.25) is 5.91 Å². The van der Waals surface area contributed by atoms with Crippen molar-refractivity contribution in [3.8, 4) is 0 Å². The number of nitrogens with zero attached hydrogens (tertiary/aromatic N) is 4. The minimum absolute atomic E-state index is 0.00565. The second-order valence-electron chi connectivity index (χ2n) is 16.8. The topological polar surface area (TPSA) is 100 Å². The fraction of sp³-hybridized carbons (Fsp3) is 0.829. The van der Waals surface area contributed by atoms with Crippen LogP contribution in [0.5, 0.6) is 0 Å². The zero-order valence-electron chi connectivity index (χ0n) is 31.5. The number of hydrogen-bond donors (Lipinski definition) is 1. The summed E-state index contributed by atoms with van der Waals surface area (Å²) < 4.78 is 37.1. The fourth-order valence-electron chi connectivity index (χ4n) is 5.39. The molecule has 0 aliphatic carbocycles. The summed E-state index contributed by atoms with van der Waals surface area (Å²) in [5.41, 5.74) is -0.130. The average Bonchev–Trinajstić information content (AvgIpc) is 3.50. The first-order chi connectivity index (χ1) is 21.7. The lowest BCUT2D eigenvalue weighted by atomic mass is 10.0. The maximum atomic E-state index is 14.9. The van der Waals surface area contributed by atoms with Crippen molar-refractivity contribution < 1.29 is 22.8 Å². The number of imidazole rings is 1. The Balaban J connectivity index is 1.76. The summed E-state index contributed by atoms with van der Waals surface area (Å²) in [6.07, 6.45) is 11.3. The van der Waals surface area contributed by atoms with Crippen LogP contribution in [0.25, 0.3) is 11.2 Å². The Hall–Kier alpha value is -1.74. The van der Waals surface area contributed by atoms with E-state index in [-0.39, 0.29) is 33.6 Å². The molecule has 1 fully saturated rings. The van der Waals surface area contributed by atoms with E-state index in [1.807, 2.05) is 0 Å². The predicted molar refractivity (Wildman–Crippen MR) is 194 cm³/mol. The molecule has 0 spiro atoms. The number of anilines is 1. The first kappa shape index (κ1) is 39.7. The van der Waals surface area contributed by atoms with Crippen LogP contribution in [0.3, 0.4) is 0 Å². The number of fused-ring (bicyclic) bond motifs is 1. The Bertz CT molecular complexity index is 1320. The summed E-state index contributed by atoms with van der Waals surface area (Å²) in [6.45, 7) is 27.0. The van der Waals surface area contributed by atoms with Crippen LogP contribution in [0.2, 0.25) is 36.3 Å². The Labute approximate surface area is 285 Å². The van der Waals surface area contributed by atoms with Crippen LogP contribution in [-0.4, -0.2) is 60.4 Å². The number of nitrogens with one attached hydrogen (secondary N) is 1. The lowest BCUT2D eigenvalue weighted by Gasteiger charge is -2.43. The number of rotatable bonds is 17. The normalized spacial score (nSPS) is 21.1. The monoisotopic (exact) mass is 693 g/mol. The van der Waals surface area contributed by atoms with Gasteiger partial charge in [0.25, 0.3) is 0 Å². The number of carbonyl (C=O) groups excluding carboxylic acids is 1. The van der Waals surface area contributed by atoms with Crippen LogP contribution in [0.1, 0.15) is 132 Å². The van der Waals surface area contributed by atoms with Crippen LogP contribution in [0.15, 0.2) is 6.33 Å². The summed E-state index contributed by atoms with van der Waals surface area (Å²) in [5, 5.41) is 2.85. The molecule has 12 heteroatoms. The maximum Gasteiger partial charge on any atom is 0.312 e. The largest absolute Gasteiger partial charge is 0.414 e. The molecule has 0 radical (unpaired) electrons. The van der Waals surface area contributed by atoms with E-state index in [1.54, 1.807) is 10.9 Å². The molecule has 1 aliphatic heterocycles. The fourth-order valence-corrected chi connectivity index (χ4v) is 7.88. The van der Waals surface area contributed by atoms with E-state index < -0.39 is 34.5 Å². The minimum atomic E-state index is -2.18. The number of halogens is 1. The predicted octanol–water partition coefficient (Wildman–Crippen LogP) is 9.91. The molecule has 0 bridgehead atoms. The molecule has 9 nitrogen and oxygen atoms in total. The molecule has 1 N–H and O–H groups in total. The number of hydrogen-bond acceptors (Lipinski definition) is 7. The van der Waals surface area contributed by atoms with Gasteiger partial charge in [0.05, 0.1) is 19.0 Å². The summed E-state index contributed by atoms with van der Waals surface area (Å²) in [4.78, 5) is 25.4. The quantitative estimate of drug-likeness (QED) is 0.1000. The molecule has 268 valence electrons. The molecule has 0 saturated carbocycles. The Morgan fingerprint density at radius 2 is 1.55 bits per heavy atom. The molecule has 1 unspecified atom stereocenters. The standard InChI is InChI=1S/C35H64FN5O4Si2/c1-13-14-15-16-17-18-19-20-21-22-27(42)38-30-29-31(40-32(36)39-30)41(25-37-29)28-23-26(45-47(11,12)34(5,6)7)35(8,44-28)24-43-46(9,10)33(2,3)4/h25-26,28H,13-24H2,1-12H3,(H,38,39,40,42)/t26?,28-,35-/m1/s1. The Kier molecular flexibility index (Phi) is 13.4. The highest BCUT2D eigenvalue weighted by atomic mass is 28.4. The molecule has 3 heterocycles. The van der Waals surface area contributed by atoms with Crippen molar-refractivity contribution in [2.45, 2.75) is 180 Å². The number of ether oxygens (including phenoxy) is 1. The van der Waals surface area contributed by atoms with Gasteiger partial charge < -0.3 is 18.9 Å². The molecule has 1 saturated heterocycles. The number of aromatic nitrogens is 4. The SMILES string of the molecule is CCCCCCCCCCCC(=O)Nc1nc(F)nc2c1ncn2[C@H]1CC(O[Si](C)(C)C(C)(C)C)[C@@](C)(CO[Si](C)(C)C(C)(C)C)O1. The van der Waals surface area contributed by atoms with Crippen molar-refractivity contribution in [2.75, 3.05) is 11.9 Å². The number of amides is 1. The zero-order chi connectivity index (χ0) is 35.3. The van der Waals surface area contributed by atoms with E-state index >= 15 is 0 Å². The summed E-state index contributed by atoms with van der Waals surface area (Å²) >= 11 is 0. The van der Waals surface area contributed by atoms with E-state index in [9.17, 15) is 9.18 Å². The van der Waals surface area contributed by atoms with Gasteiger partial charge in [0, 0.05) is 12.8 Å². The highest BCUT2D eigenvalue weighted by Gasteiger charge is 2.52. The third-order valence-electron chi connectivity index (χ3n) is 10.7. The zero-order valence-corrected chi connectivity index (χ0v) is 33.5. The molecule has 3 rings (SSSR count). The summed E-state index contributed by atoms with van der Waals surface area (Å²) in [6, 6.07) is 0. The highest BCUT2D eigenvalue weighted by Crippen LogP contribution is 2.46. The number of unbranched alkanes of at least 4 members (excludes halogenated alkanes) is 8. The van der Waals surface area contributed by atoms with Gasteiger partial charge in [-0.15, -0.1) is 0 Å². The van der Waals surface area contributed by atoms with Gasteiger partial charge in [-0.1, -0.05) is 99.8 Å². The first-order valence-corrected chi connectivity index (χ1v) is 23.7. The van der Waals surface area contributed by atoms with Crippen LogP contribution in [0.4, 0.5) is 10.2 Å². The van der Waals surface area contributed by atoms with Gasteiger partial charge in [0.15, 0.2) is 33.6 Å². The van der Waals surface area contributed by atoms with Crippen molar-refractivity contribution in [1.82, 2.24) is 19.5 Å². The molecule has 3 atom stereocenters. The third-order valence-corrected chi connectivity index (χ3v) is 19.7. The molecular weight excluding hydrogens is 630 g/mol. The van der Waals surface area contributed by atoms with Gasteiger partial charge >= 0.3 is 6.08 Å². The molecule has 2 aromatic rings. The van der Waals surface area contributed by atoms with Crippen molar-refractivity contribution in [3.05, 3.63) is 12.4 Å². The molecule has 0 aromatic carbocycles. The smallest absolute Gasteiger partial charge is 0.312 e. The molecule has 2 aromatic heterocycles. The Morgan fingerprint density at radius 3 is 2.13 bits per heavy atom. The highest BCUT2D eigenvalue weighted by molar-refractivity contribution is 6.74. The van der Waals surface area contributed by atoms with Gasteiger partial charge in [0.1, 0.15) is 11.8 Å². The average molecular weight is 694 g/mol. The maximum absolute atomic E-state index is 14.9. The van der Waals surface area contributed by atoms with Gasteiger partial charge in [-0.2, -0.15) is 14.4 Å². The van der Waals surface area contributed by atoms with Crippen molar-refractivity contribution in [1.29, 1.82) is 0 Å². The Morgan fingerprint density at radius 1 is 0.979 bits per heavy atom. The van der Waals surface area contributed by atoms with E-state index in [4.69, 9.17) is 13.6 Å². The van der Waals surface area contributed by atoms with Crippen molar-refractivity contribution in [3.63, 3.8) is 0 Å². The lowest BCUT2D eigenvalue weighted by molar-refractivity contribution is -0.116. The van der Waals surface area contributed by atoms with Crippen LogP contribution in [0, 0.1) is 6.08 Å². The van der Waals surface area contributed by atoms with E-state index in [0.29, 0.717) is 25.0 Å². The van der Waals surface area contributed by atoms with Gasteiger partial charge in [-0.25, -0.2) is 4.98 Å². The first-order valence-electron chi connectivity index (χ1n) is 17.9.